The topological polar surface area (TPSA) is 24.5 Å². The lowest BCUT2D eigenvalue weighted by Gasteiger charge is -2.41. The lowest BCUT2D eigenvalue weighted by molar-refractivity contribution is -0.0404. The molecule has 1 saturated heterocycles. The normalized spacial score (nSPS) is 21.4. The van der Waals surface area contributed by atoms with Crippen LogP contribution in [0.4, 0.5) is 5.69 Å². The van der Waals surface area contributed by atoms with Gasteiger partial charge in [-0.1, -0.05) is 48.5 Å². The molecule has 2 atom stereocenters. The van der Waals surface area contributed by atoms with Crippen LogP contribution < -0.4 is 5.32 Å². The van der Waals surface area contributed by atoms with Gasteiger partial charge in [0.1, 0.15) is 6.10 Å². The molecule has 0 aromatic heterocycles. The summed E-state index contributed by atoms with van der Waals surface area (Å²) < 4.78 is 5.98. The van der Waals surface area contributed by atoms with Crippen molar-refractivity contribution in [2.75, 3.05) is 18.5 Å². The number of anilines is 1. The Bertz CT molecular complexity index is 617. The van der Waals surface area contributed by atoms with Crippen LogP contribution in [0.5, 0.6) is 0 Å². The first-order valence-electron chi connectivity index (χ1n) is 7.55. The van der Waals surface area contributed by atoms with Crippen LogP contribution in [0.2, 0.25) is 0 Å². The maximum absolute atomic E-state index is 5.98. The maximum atomic E-state index is 5.98. The number of nitrogens with one attached hydrogen (secondary N) is 1. The monoisotopic (exact) mass is 312 g/mol. The first-order chi connectivity index (χ1) is 10.8. The molecule has 0 spiro atoms. The van der Waals surface area contributed by atoms with E-state index in [2.05, 4.69) is 29.3 Å². The Hall–Kier alpha value is -1.91. The highest BCUT2D eigenvalue weighted by atomic mass is 32.1. The number of para-hydroxylation sites is 1. The molecular weight excluding hydrogens is 292 g/mol. The highest BCUT2D eigenvalue weighted by Crippen LogP contribution is 2.28. The number of hydrogen-bond acceptors (Lipinski definition) is 2. The van der Waals surface area contributed by atoms with E-state index in [0.717, 1.165) is 17.3 Å². The van der Waals surface area contributed by atoms with E-state index < -0.39 is 0 Å². The number of thiocarbonyl (C=S) groups is 1. The van der Waals surface area contributed by atoms with Crippen LogP contribution in [-0.2, 0) is 4.74 Å². The number of rotatable bonds is 2. The molecule has 0 saturated carbocycles. The van der Waals surface area contributed by atoms with Crippen molar-refractivity contribution in [3.05, 3.63) is 66.2 Å². The van der Waals surface area contributed by atoms with Gasteiger partial charge < -0.3 is 15.0 Å². The molecule has 0 radical (unpaired) electrons. The third-order valence-corrected chi connectivity index (χ3v) is 4.31. The molecule has 1 heterocycles. The summed E-state index contributed by atoms with van der Waals surface area (Å²) in [6.45, 7) is 3.65. The minimum absolute atomic E-state index is 0.0467. The Kier molecular flexibility index (Phi) is 4.71. The lowest BCUT2D eigenvalue weighted by Crippen LogP contribution is -2.50. The second-order valence-corrected chi connectivity index (χ2v) is 5.82. The molecule has 3 rings (SSSR count). The van der Waals surface area contributed by atoms with Crippen LogP contribution in [0.3, 0.4) is 0 Å². The van der Waals surface area contributed by atoms with Crippen molar-refractivity contribution < 1.29 is 4.74 Å². The average molecular weight is 312 g/mol. The van der Waals surface area contributed by atoms with Gasteiger partial charge in [0.05, 0.1) is 12.6 Å². The van der Waals surface area contributed by atoms with Gasteiger partial charge in [-0.2, -0.15) is 0 Å². The van der Waals surface area contributed by atoms with Crippen LogP contribution in [0.1, 0.15) is 18.6 Å². The largest absolute Gasteiger partial charge is 0.370 e. The maximum Gasteiger partial charge on any atom is 0.173 e. The second-order valence-electron chi connectivity index (χ2n) is 5.43. The van der Waals surface area contributed by atoms with Crippen LogP contribution in [-0.4, -0.2) is 29.2 Å². The van der Waals surface area contributed by atoms with Crippen LogP contribution >= 0.6 is 12.2 Å². The van der Waals surface area contributed by atoms with Crippen molar-refractivity contribution in [1.29, 1.82) is 0 Å². The van der Waals surface area contributed by atoms with Crippen molar-refractivity contribution in [2.45, 2.75) is 19.1 Å². The minimum atomic E-state index is 0.0467. The zero-order chi connectivity index (χ0) is 15.4. The summed E-state index contributed by atoms with van der Waals surface area (Å²) in [5.41, 5.74) is 2.21. The third kappa shape index (κ3) is 3.29. The van der Waals surface area contributed by atoms with Gasteiger partial charge in [-0.25, -0.2) is 0 Å². The number of benzene rings is 2. The first-order valence-corrected chi connectivity index (χ1v) is 7.96. The Balaban J connectivity index is 1.72. The molecular formula is C18H20N2OS. The molecule has 3 nitrogen and oxygen atoms in total. The standard InChI is InChI=1S/C18H20N2OS/c1-14-17(15-8-4-2-5-9-15)21-13-12-20(14)18(22)19-16-10-6-3-7-11-16/h2-11,14,17H,12-13H2,1H3,(H,19,22)/t14-,17+/m1/s1. The van der Waals surface area contributed by atoms with Gasteiger partial charge in [0.25, 0.3) is 0 Å². The fourth-order valence-electron chi connectivity index (χ4n) is 2.81. The number of nitrogens with zero attached hydrogens (tertiary/aromatic N) is 1. The molecule has 114 valence electrons. The summed E-state index contributed by atoms with van der Waals surface area (Å²) in [7, 11) is 0. The molecule has 1 fully saturated rings. The molecule has 1 aliphatic heterocycles. The highest BCUT2D eigenvalue weighted by Gasteiger charge is 2.31. The van der Waals surface area contributed by atoms with E-state index in [1.54, 1.807) is 0 Å². The van der Waals surface area contributed by atoms with Crippen LogP contribution in [0.15, 0.2) is 60.7 Å². The smallest absolute Gasteiger partial charge is 0.173 e. The van der Waals surface area contributed by atoms with Crippen LogP contribution in [0, 0.1) is 0 Å². The lowest BCUT2D eigenvalue weighted by atomic mass is 10.0. The molecule has 0 amide bonds. The molecule has 2 aromatic carbocycles. The predicted molar refractivity (Wildman–Crippen MR) is 94.0 cm³/mol. The van der Waals surface area contributed by atoms with E-state index in [9.17, 15) is 0 Å². The van der Waals surface area contributed by atoms with Crippen LogP contribution in [0.25, 0.3) is 0 Å². The van der Waals surface area contributed by atoms with Gasteiger partial charge in [0, 0.05) is 12.2 Å². The number of hydrogen-bond donors (Lipinski definition) is 1. The SMILES string of the molecule is C[C@@H]1[C@@H](c2ccccc2)OCCN1C(=S)Nc1ccccc1. The van der Waals surface area contributed by atoms with Gasteiger partial charge in [0.2, 0.25) is 0 Å². The van der Waals surface area contributed by atoms with Gasteiger partial charge in [0.15, 0.2) is 5.11 Å². The highest BCUT2D eigenvalue weighted by molar-refractivity contribution is 7.80. The molecule has 0 bridgehead atoms. The zero-order valence-corrected chi connectivity index (χ0v) is 13.4. The summed E-state index contributed by atoms with van der Waals surface area (Å²) in [4.78, 5) is 2.21. The summed E-state index contributed by atoms with van der Waals surface area (Å²) in [6.07, 6.45) is 0.0467. The Morgan fingerprint density at radius 2 is 1.73 bits per heavy atom. The van der Waals surface area contributed by atoms with Gasteiger partial charge in [-0.05, 0) is 36.8 Å². The van der Waals surface area contributed by atoms with Crippen molar-refractivity contribution in [3.63, 3.8) is 0 Å². The average Bonchev–Trinajstić information content (AvgIpc) is 2.56. The quantitative estimate of drug-likeness (QED) is 0.852. The molecule has 2 aromatic rings. The van der Waals surface area contributed by atoms with E-state index in [-0.39, 0.29) is 12.1 Å². The molecule has 1 aliphatic rings. The van der Waals surface area contributed by atoms with Crippen molar-refractivity contribution in [1.82, 2.24) is 4.90 Å². The van der Waals surface area contributed by atoms with Gasteiger partial charge in [-0.3, -0.25) is 0 Å². The van der Waals surface area contributed by atoms with Crippen molar-refractivity contribution in [3.8, 4) is 0 Å². The van der Waals surface area contributed by atoms with E-state index in [1.165, 1.54) is 5.56 Å². The van der Waals surface area contributed by atoms with E-state index in [0.29, 0.717) is 6.61 Å². The molecule has 22 heavy (non-hydrogen) atoms. The predicted octanol–water partition coefficient (Wildman–Crippen LogP) is 3.85. The van der Waals surface area contributed by atoms with Gasteiger partial charge in [-0.15, -0.1) is 0 Å². The minimum Gasteiger partial charge on any atom is -0.370 e. The van der Waals surface area contributed by atoms with E-state index >= 15 is 0 Å². The van der Waals surface area contributed by atoms with Crippen molar-refractivity contribution in [2.24, 2.45) is 0 Å². The Morgan fingerprint density at radius 3 is 2.41 bits per heavy atom. The Morgan fingerprint density at radius 1 is 1.09 bits per heavy atom. The summed E-state index contributed by atoms with van der Waals surface area (Å²) in [5, 5.41) is 4.07. The number of ether oxygens (including phenoxy) is 1. The third-order valence-electron chi connectivity index (χ3n) is 3.97. The molecule has 1 N–H and O–H groups in total. The zero-order valence-electron chi connectivity index (χ0n) is 12.6. The second kappa shape index (κ2) is 6.90. The van der Waals surface area contributed by atoms with E-state index in [1.807, 2.05) is 48.5 Å². The summed E-state index contributed by atoms with van der Waals surface area (Å²) >= 11 is 5.60. The molecule has 0 aliphatic carbocycles. The fourth-order valence-corrected chi connectivity index (χ4v) is 3.18. The molecule has 4 heteroatoms. The summed E-state index contributed by atoms with van der Waals surface area (Å²) in [6, 6.07) is 20.6. The Labute approximate surface area is 136 Å². The van der Waals surface area contributed by atoms with Gasteiger partial charge >= 0.3 is 0 Å². The van der Waals surface area contributed by atoms with Crippen molar-refractivity contribution >= 4 is 23.0 Å². The van der Waals surface area contributed by atoms with E-state index in [4.69, 9.17) is 17.0 Å². The number of morpholine rings is 1. The molecule has 0 unspecified atom stereocenters. The summed E-state index contributed by atoms with van der Waals surface area (Å²) in [5.74, 6) is 0. The first kappa shape index (κ1) is 15.0. The fraction of sp³-hybridized carbons (Fsp3) is 0.278.